The van der Waals surface area contributed by atoms with Crippen LogP contribution in [0.15, 0.2) is 58.1 Å². The smallest absolute Gasteiger partial charge is 0.246 e. The van der Waals surface area contributed by atoms with E-state index in [4.69, 9.17) is 0 Å². The number of hydrogen-bond donors (Lipinski definition) is 0. The summed E-state index contributed by atoms with van der Waals surface area (Å²) in [6.07, 6.45) is 6.42. The van der Waals surface area contributed by atoms with Gasteiger partial charge in [-0.2, -0.15) is 0 Å². The molecule has 2 aliphatic heterocycles. The second-order valence-corrected chi connectivity index (χ2v) is 6.27. The average Bonchev–Trinajstić information content (AvgIpc) is 2.75. The largest absolute Gasteiger partial charge is 0.347 e. The van der Waals surface area contributed by atoms with Gasteiger partial charge in [-0.05, 0) is 11.1 Å². The van der Waals surface area contributed by atoms with Crippen molar-refractivity contribution in [3.05, 3.63) is 75.1 Å². The maximum atomic E-state index is 12.4. The second-order valence-electron chi connectivity index (χ2n) is 6.27. The fourth-order valence-corrected chi connectivity index (χ4v) is 4.22. The maximum Gasteiger partial charge on any atom is 0.347 e. The second kappa shape index (κ2) is 3.80. The van der Waals surface area contributed by atoms with E-state index in [-0.39, 0.29) is 29.4 Å². The van der Waals surface area contributed by atoms with Gasteiger partial charge >= 0.3 is 11.4 Å². The van der Waals surface area contributed by atoms with Crippen LogP contribution >= 0.6 is 0 Å². The van der Waals surface area contributed by atoms with E-state index >= 15 is 0 Å². The Hall–Kier alpha value is -2.56. The molecule has 0 fully saturated rings. The Morgan fingerprint density at radius 2 is 1.55 bits per heavy atom. The van der Waals surface area contributed by atoms with Gasteiger partial charge in [-0.25, -0.2) is 23.5 Å². The lowest BCUT2D eigenvalue weighted by Crippen LogP contribution is -2.51. The molecule has 0 N–H and O–H groups in total. The number of nitrogens with zero attached hydrogens (tertiary/aromatic N) is 3. The fourth-order valence-electron chi connectivity index (χ4n) is 4.22. The highest BCUT2D eigenvalue weighted by Crippen LogP contribution is 2.56. The highest BCUT2D eigenvalue weighted by atomic mass is 16.2. The third-order valence-electron chi connectivity index (χ3n) is 5.28. The van der Waals surface area contributed by atoms with Crippen molar-refractivity contribution in [2.45, 2.75) is 12.1 Å². The fraction of sp³-hybridized carbons (Fsp3) is 0.294. The van der Waals surface area contributed by atoms with Crippen LogP contribution < -0.4 is 11.4 Å². The predicted octanol–water partition coefficient (Wildman–Crippen LogP) is 1.34. The number of aromatic nitrogens is 3. The van der Waals surface area contributed by atoms with Crippen LogP contribution in [0.25, 0.3) is 5.57 Å². The summed E-state index contributed by atoms with van der Waals surface area (Å²) in [5.41, 5.74) is 2.06. The lowest BCUT2D eigenvalue weighted by atomic mass is 9.62. The minimum absolute atomic E-state index is 0.0381. The van der Waals surface area contributed by atoms with E-state index in [1.807, 2.05) is 18.2 Å². The Morgan fingerprint density at radius 3 is 2.27 bits per heavy atom. The summed E-state index contributed by atoms with van der Waals surface area (Å²) in [5, 5.41) is 0. The molecule has 2 aromatic rings. The van der Waals surface area contributed by atoms with Gasteiger partial charge in [0.05, 0.1) is 12.1 Å². The summed E-state index contributed by atoms with van der Waals surface area (Å²) in [6, 6.07) is 10.2. The van der Waals surface area contributed by atoms with Crippen LogP contribution in [0.4, 0.5) is 0 Å². The van der Waals surface area contributed by atoms with Crippen LogP contribution in [-0.4, -0.2) is 13.9 Å². The van der Waals surface area contributed by atoms with Crippen molar-refractivity contribution in [1.29, 1.82) is 0 Å². The third-order valence-corrected chi connectivity index (χ3v) is 5.28. The van der Waals surface area contributed by atoms with Crippen LogP contribution in [0, 0.1) is 11.8 Å². The zero-order valence-electron chi connectivity index (χ0n) is 12.1. The van der Waals surface area contributed by atoms with E-state index in [2.05, 4.69) is 30.4 Å². The van der Waals surface area contributed by atoms with E-state index < -0.39 is 0 Å². The summed E-state index contributed by atoms with van der Waals surface area (Å²) in [7, 11) is 1.55. The minimum Gasteiger partial charge on any atom is -0.246 e. The van der Waals surface area contributed by atoms with Crippen LogP contribution in [0.2, 0.25) is 0 Å². The molecule has 1 aromatic heterocycles. The van der Waals surface area contributed by atoms with Crippen LogP contribution in [0.1, 0.15) is 17.6 Å². The van der Waals surface area contributed by atoms with Gasteiger partial charge in [0.1, 0.15) is 0 Å². The molecule has 0 saturated heterocycles. The van der Waals surface area contributed by atoms with Gasteiger partial charge in [-0.15, -0.1) is 0 Å². The molecular formula is C17H15N3O2. The molecule has 22 heavy (non-hydrogen) atoms. The zero-order valence-corrected chi connectivity index (χ0v) is 12.1. The van der Waals surface area contributed by atoms with E-state index in [1.54, 1.807) is 16.4 Å². The molecule has 0 unspecified atom stereocenters. The summed E-state index contributed by atoms with van der Waals surface area (Å²) in [5.74, 6) is 0.599. The first-order valence-electron chi connectivity index (χ1n) is 7.54. The topological polar surface area (TPSA) is 48.9 Å². The summed E-state index contributed by atoms with van der Waals surface area (Å²) in [4.78, 5) is 24.7. The Balaban J connectivity index is 1.69. The molecule has 1 aromatic carbocycles. The van der Waals surface area contributed by atoms with Crippen molar-refractivity contribution in [1.82, 2.24) is 13.9 Å². The lowest BCUT2D eigenvalue weighted by molar-refractivity contribution is 0.147. The van der Waals surface area contributed by atoms with Crippen LogP contribution in [0.3, 0.4) is 0 Å². The lowest BCUT2D eigenvalue weighted by Gasteiger charge is -2.51. The SMILES string of the molecule is Cn1c(=O)n2n(c1=O)[C@H]1C=C[C@@H]2[C@H]2C(c3ccccc3)=C[C@@H]21. The Bertz CT molecular complexity index is 958. The van der Waals surface area contributed by atoms with Gasteiger partial charge in [0.15, 0.2) is 0 Å². The summed E-state index contributed by atoms with van der Waals surface area (Å²) < 4.78 is 4.48. The standard InChI is InChI=1S/C17H15N3O2/c1-18-16(21)19-13-7-8-14(20(19)17(18)22)15-11(9-12(13)15)10-5-3-2-4-6-10/h2-9,12-15H,1H3/t12-,13+,14-,15+/m1/s1. The molecule has 2 bridgehead atoms. The van der Waals surface area contributed by atoms with Crippen molar-refractivity contribution in [2.75, 3.05) is 0 Å². The molecule has 0 saturated carbocycles. The van der Waals surface area contributed by atoms with Crippen LogP contribution in [-0.2, 0) is 7.05 Å². The molecule has 0 amide bonds. The molecule has 110 valence electrons. The van der Waals surface area contributed by atoms with Crippen LogP contribution in [0.5, 0.6) is 0 Å². The van der Waals surface area contributed by atoms with E-state index in [0.717, 1.165) is 0 Å². The Labute approximate surface area is 126 Å². The van der Waals surface area contributed by atoms with Gasteiger partial charge < -0.3 is 0 Å². The molecule has 3 heterocycles. The van der Waals surface area contributed by atoms with Crippen molar-refractivity contribution < 1.29 is 0 Å². The molecule has 6 rings (SSSR count). The van der Waals surface area contributed by atoms with Crippen molar-refractivity contribution in [3.8, 4) is 0 Å². The normalized spacial score (nSPS) is 30.5. The van der Waals surface area contributed by atoms with E-state index in [1.165, 1.54) is 15.7 Å². The number of rotatable bonds is 1. The monoisotopic (exact) mass is 293 g/mol. The molecule has 5 nitrogen and oxygen atoms in total. The van der Waals surface area contributed by atoms with Crippen molar-refractivity contribution in [2.24, 2.45) is 18.9 Å². The van der Waals surface area contributed by atoms with Crippen molar-refractivity contribution in [3.63, 3.8) is 0 Å². The highest BCUT2D eigenvalue weighted by Gasteiger charge is 2.51. The Morgan fingerprint density at radius 1 is 0.909 bits per heavy atom. The number of allylic oxidation sites excluding steroid dienone is 4. The average molecular weight is 293 g/mol. The summed E-state index contributed by atoms with van der Waals surface area (Å²) >= 11 is 0. The van der Waals surface area contributed by atoms with Gasteiger partial charge in [-0.3, -0.25) is 0 Å². The quantitative estimate of drug-likeness (QED) is 0.745. The van der Waals surface area contributed by atoms with Gasteiger partial charge in [0.2, 0.25) is 0 Å². The van der Waals surface area contributed by atoms with Crippen molar-refractivity contribution >= 4 is 5.57 Å². The molecule has 5 heteroatoms. The van der Waals surface area contributed by atoms with Gasteiger partial charge in [0.25, 0.3) is 0 Å². The summed E-state index contributed by atoms with van der Waals surface area (Å²) in [6.45, 7) is 0. The Kier molecular flexibility index (Phi) is 2.08. The minimum atomic E-state index is -0.220. The van der Waals surface area contributed by atoms with E-state index in [9.17, 15) is 9.59 Å². The van der Waals surface area contributed by atoms with Gasteiger partial charge in [0, 0.05) is 18.9 Å². The molecule has 0 radical (unpaired) electrons. The molecular weight excluding hydrogens is 278 g/mol. The first-order chi connectivity index (χ1) is 10.7. The maximum absolute atomic E-state index is 12.4. The highest BCUT2D eigenvalue weighted by molar-refractivity contribution is 5.75. The number of hydrogen-bond acceptors (Lipinski definition) is 2. The molecule has 2 aliphatic carbocycles. The molecule has 4 aliphatic rings. The first kappa shape index (κ1) is 12.0. The molecule has 4 atom stereocenters. The van der Waals surface area contributed by atoms with E-state index in [0.29, 0.717) is 5.92 Å². The number of benzene rings is 1. The third kappa shape index (κ3) is 1.21. The first-order valence-corrected chi connectivity index (χ1v) is 7.54. The van der Waals surface area contributed by atoms with Gasteiger partial charge in [-0.1, -0.05) is 48.6 Å². The predicted molar refractivity (Wildman–Crippen MR) is 82.5 cm³/mol. The molecule has 0 spiro atoms. The zero-order chi connectivity index (χ0) is 15.0.